The Hall–Kier alpha value is -4.24. The molecule has 210 valence electrons. The first-order chi connectivity index (χ1) is 17.9. The molecule has 0 aliphatic heterocycles. The van der Waals surface area contributed by atoms with Gasteiger partial charge >= 0.3 is 5.97 Å². The van der Waals surface area contributed by atoms with Gasteiger partial charge in [-0.15, -0.1) is 0 Å². The van der Waals surface area contributed by atoms with Crippen LogP contribution in [-0.2, 0) is 30.4 Å². The summed E-state index contributed by atoms with van der Waals surface area (Å²) in [6, 6.07) is 3.76. The third-order valence-electron chi connectivity index (χ3n) is 5.32. The topological polar surface area (TPSA) is 278 Å². The van der Waals surface area contributed by atoms with Gasteiger partial charge in [-0.25, -0.2) is 4.79 Å². The number of primary amides is 1. The average Bonchev–Trinajstić information content (AvgIpc) is 2.86. The first-order valence-corrected chi connectivity index (χ1v) is 11.8. The van der Waals surface area contributed by atoms with Crippen LogP contribution in [0.25, 0.3) is 0 Å². The van der Waals surface area contributed by atoms with Crippen molar-refractivity contribution in [1.82, 2.24) is 16.0 Å². The molecule has 1 rings (SSSR count). The van der Waals surface area contributed by atoms with Gasteiger partial charge in [-0.05, 0) is 31.2 Å². The highest BCUT2D eigenvalue weighted by atomic mass is 16.4. The number of hydrogen-bond acceptors (Lipinski definition) is 8. The largest absolute Gasteiger partial charge is 0.480 e. The molecule has 1 aromatic carbocycles. The molecule has 13 N–H and O–H groups in total. The van der Waals surface area contributed by atoms with Crippen LogP contribution < -0.4 is 38.9 Å². The second-order valence-corrected chi connectivity index (χ2v) is 8.45. The van der Waals surface area contributed by atoms with Gasteiger partial charge in [-0.1, -0.05) is 30.3 Å². The van der Waals surface area contributed by atoms with Crippen molar-refractivity contribution < 1.29 is 34.2 Å². The second kappa shape index (κ2) is 16.5. The maximum atomic E-state index is 13.1. The fraction of sp³-hybridized carbons (Fsp3) is 0.478. The van der Waals surface area contributed by atoms with Crippen molar-refractivity contribution in [3.8, 4) is 0 Å². The maximum Gasteiger partial charge on any atom is 0.328 e. The number of hydrogen-bond donors (Lipinski definition) is 9. The van der Waals surface area contributed by atoms with Crippen LogP contribution >= 0.6 is 0 Å². The second-order valence-electron chi connectivity index (χ2n) is 8.45. The van der Waals surface area contributed by atoms with Gasteiger partial charge in [0.2, 0.25) is 23.6 Å². The lowest BCUT2D eigenvalue weighted by Gasteiger charge is -2.25. The summed E-state index contributed by atoms with van der Waals surface area (Å²) >= 11 is 0. The zero-order chi connectivity index (χ0) is 28.7. The Bertz CT molecular complexity index is 985. The molecule has 0 saturated heterocycles. The van der Waals surface area contributed by atoms with Crippen molar-refractivity contribution in [3.63, 3.8) is 0 Å². The first-order valence-electron chi connectivity index (χ1n) is 11.8. The van der Waals surface area contributed by atoms with E-state index in [9.17, 15) is 29.1 Å². The number of amides is 4. The highest BCUT2D eigenvalue weighted by molar-refractivity contribution is 5.94. The minimum atomic E-state index is -1.61. The molecule has 0 aliphatic carbocycles. The Morgan fingerprint density at radius 3 is 1.92 bits per heavy atom. The van der Waals surface area contributed by atoms with Crippen LogP contribution in [0.4, 0.5) is 0 Å². The molecule has 0 aromatic heterocycles. The van der Waals surface area contributed by atoms with Crippen LogP contribution in [0.5, 0.6) is 0 Å². The molecular weight excluding hydrogens is 500 g/mol. The van der Waals surface area contributed by atoms with Crippen LogP contribution in [0, 0.1) is 0 Å². The van der Waals surface area contributed by atoms with Crippen LogP contribution in [0.1, 0.15) is 31.2 Å². The number of nitrogens with two attached hydrogens (primary N) is 4. The fourth-order valence-corrected chi connectivity index (χ4v) is 3.30. The number of carboxylic acid groups (broad SMARTS) is 1. The number of carbonyl (C=O) groups excluding carboxylic acids is 4. The van der Waals surface area contributed by atoms with E-state index in [4.69, 9.17) is 28.0 Å². The number of aliphatic hydroxyl groups is 1. The molecule has 15 heteroatoms. The number of aliphatic imine (C=N–C) groups is 1. The molecule has 0 bridgehead atoms. The fourth-order valence-electron chi connectivity index (χ4n) is 3.30. The molecule has 15 nitrogen and oxygen atoms in total. The number of nitrogens with zero attached hydrogens (tertiary/aromatic N) is 1. The van der Waals surface area contributed by atoms with Crippen molar-refractivity contribution in [1.29, 1.82) is 0 Å². The van der Waals surface area contributed by atoms with Crippen LogP contribution in [0.3, 0.4) is 0 Å². The smallest absolute Gasteiger partial charge is 0.328 e. The summed E-state index contributed by atoms with van der Waals surface area (Å²) in [5.41, 5.74) is 22.6. The molecule has 1 aromatic rings. The number of aliphatic carboxylic acids is 1. The number of carboxylic acids is 1. The molecule has 0 saturated carbocycles. The monoisotopic (exact) mass is 536 g/mol. The molecule has 0 heterocycles. The molecule has 4 atom stereocenters. The number of rotatable bonds is 17. The third kappa shape index (κ3) is 12.1. The van der Waals surface area contributed by atoms with Crippen molar-refractivity contribution >= 4 is 35.6 Å². The zero-order valence-electron chi connectivity index (χ0n) is 20.8. The maximum absolute atomic E-state index is 13.1. The van der Waals surface area contributed by atoms with Gasteiger partial charge in [0.25, 0.3) is 0 Å². The van der Waals surface area contributed by atoms with Gasteiger partial charge < -0.3 is 49.1 Å². The summed E-state index contributed by atoms with van der Waals surface area (Å²) in [5, 5.41) is 25.4. The number of carbonyl (C=O) groups is 5. The predicted octanol–water partition coefficient (Wildman–Crippen LogP) is -3.59. The van der Waals surface area contributed by atoms with Crippen LogP contribution in [0.2, 0.25) is 0 Å². The Labute approximate surface area is 219 Å². The normalized spacial score (nSPS) is 13.7. The first kappa shape index (κ1) is 31.8. The minimum Gasteiger partial charge on any atom is -0.480 e. The summed E-state index contributed by atoms with van der Waals surface area (Å²) in [6.45, 7) is -0.771. The summed E-state index contributed by atoms with van der Waals surface area (Å²) in [6.07, 6.45) is -0.0468. The lowest BCUT2D eigenvalue weighted by atomic mass is 10.0. The van der Waals surface area contributed by atoms with E-state index >= 15 is 0 Å². The quantitative estimate of drug-likeness (QED) is 0.0535. The SMILES string of the molecule is NC(=O)CCC(NC(=O)C(N)Cc1ccccc1)C(=O)NC(CCCN=C(N)N)C(=O)NC(CO)C(=O)O. The van der Waals surface area contributed by atoms with E-state index in [-0.39, 0.29) is 44.6 Å². The third-order valence-corrected chi connectivity index (χ3v) is 5.32. The Morgan fingerprint density at radius 1 is 0.842 bits per heavy atom. The summed E-state index contributed by atoms with van der Waals surface area (Å²) in [4.78, 5) is 64.9. The van der Waals surface area contributed by atoms with E-state index in [1.54, 1.807) is 24.3 Å². The lowest BCUT2D eigenvalue weighted by molar-refractivity contribution is -0.143. The Kier molecular flexibility index (Phi) is 13.8. The molecular formula is C23H36N8O7. The van der Waals surface area contributed by atoms with E-state index in [1.165, 1.54) is 0 Å². The predicted molar refractivity (Wildman–Crippen MR) is 137 cm³/mol. The highest BCUT2D eigenvalue weighted by Gasteiger charge is 2.30. The van der Waals surface area contributed by atoms with E-state index < -0.39 is 60.4 Å². The molecule has 0 spiro atoms. The van der Waals surface area contributed by atoms with Gasteiger partial charge in [-0.3, -0.25) is 24.2 Å². The lowest BCUT2D eigenvalue weighted by Crippen LogP contribution is -2.57. The molecule has 4 unspecified atom stereocenters. The van der Waals surface area contributed by atoms with E-state index in [0.29, 0.717) is 0 Å². The van der Waals surface area contributed by atoms with Crippen LogP contribution in [0.15, 0.2) is 35.3 Å². The molecule has 38 heavy (non-hydrogen) atoms. The molecule has 0 radical (unpaired) electrons. The molecule has 0 aliphatic rings. The van der Waals surface area contributed by atoms with Crippen molar-refractivity contribution in [2.75, 3.05) is 13.2 Å². The van der Waals surface area contributed by atoms with E-state index in [1.807, 2.05) is 6.07 Å². The summed E-state index contributed by atoms with van der Waals surface area (Å²) in [7, 11) is 0. The highest BCUT2D eigenvalue weighted by Crippen LogP contribution is 2.06. The number of benzene rings is 1. The van der Waals surface area contributed by atoms with Crippen LogP contribution in [-0.4, -0.2) is 83.1 Å². The zero-order valence-corrected chi connectivity index (χ0v) is 20.8. The Morgan fingerprint density at radius 2 is 1.39 bits per heavy atom. The van der Waals surface area contributed by atoms with Gasteiger partial charge in [0, 0.05) is 13.0 Å². The number of guanidine groups is 1. The standard InChI is InChI=1S/C23H36N8O7/c24-14(11-13-5-2-1-3-6-13)19(34)29-16(8-9-18(25)33)21(36)30-15(7-4-10-28-23(26)27)20(35)31-17(12-32)22(37)38/h1-3,5-6,14-17,32H,4,7-12,24H2,(H2,25,33)(H,29,34)(H,30,36)(H,31,35)(H,37,38)(H4,26,27,28). The minimum absolute atomic E-state index is 0.0177. The van der Waals surface area contributed by atoms with Gasteiger partial charge in [0.05, 0.1) is 12.6 Å². The van der Waals surface area contributed by atoms with E-state index in [0.717, 1.165) is 5.56 Å². The molecule has 0 fully saturated rings. The van der Waals surface area contributed by atoms with Gasteiger partial charge in [-0.2, -0.15) is 0 Å². The van der Waals surface area contributed by atoms with Crippen molar-refractivity contribution in [3.05, 3.63) is 35.9 Å². The van der Waals surface area contributed by atoms with Gasteiger partial charge in [0.1, 0.15) is 18.1 Å². The van der Waals surface area contributed by atoms with Crippen molar-refractivity contribution in [2.45, 2.75) is 56.3 Å². The van der Waals surface area contributed by atoms with Crippen molar-refractivity contribution in [2.24, 2.45) is 27.9 Å². The Balaban J connectivity index is 3.01. The summed E-state index contributed by atoms with van der Waals surface area (Å²) < 4.78 is 0. The summed E-state index contributed by atoms with van der Waals surface area (Å²) in [5.74, 6) is -4.77. The van der Waals surface area contributed by atoms with Gasteiger partial charge in [0.15, 0.2) is 5.96 Å². The van der Waals surface area contributed by atoms with E-state index in [2.05, 4.69) is 20.9 Å². The average molecular weight is 537 g/mol. The molecule has 4 amide bonds. The number of nitrogens with one attached hydrogen (secondary N) is 3. The number of aliphatic hydroxyl groups excluding tert-OH is 1.